The lowest BCUT2D eigenvalue weighted by Crippen LogP contribution is -2.30. The third-order valence-electron chi connectivity index (χ3n) is 4.18. The molecule has 6 nitrogen and oxygen atoms in total. The van der Waals surface area contributed by atoms with Gasteiger partial charge in [-0.15, -0.1) is 0 Å². The van der Waals surface area contributed by atoms with Crippen molar-refractivity contribution < 1.29 is 19.1 Å². The predicted octanol–water partition coefficient (Wildman–Crippen LogP) is 4.53. The number of halogens is 2. The molecule has 1 aliphatic rings. The number of carbonyl (C=O) groups excluding carboxylic acids is 3. The SMILES string of the molecule is CC(OC(=O)c1ccc(NC(=O)C2CC2)cc1)C(=O)Nc1ccc(Cl)cc1Cl. The van der Waals surface area contributed by atoms with E-state index in [9.17, 15) is 14.4 Å². The van der Waals surface area contributed by atoms with E-state index in [1.807, 2.05) is 0 Å². The fourth-order valence-electron chi connectivity index (χ4n) is 2.39. The first-order valence-corrected chi connectivity index (χ1v) is 9.47. The summed E-state index contributed by atoms with van der Waals surface area (Å²) < 4.78 is 5.20. The van der Waals surface area contributed by atoms with Gasteiger partial charge >= 0.3 is 5.97 Å². The van der Waals surface area contributed by atoms with E-state index in [0.717, 1.165) is 12.8 Å². The van der Waals surface area contributed by atoms with Crippen LogP contribution in [0.25, 0.3) is 0 Å². The van der Waals surface area contributed by atoms with Crippen LogP contribution in [0.1, 0.15) is 30.1 Å². The third kappa shape index (κ3) is 5.24. The molecule has 8 heteroatoms. The molecular formula is C20H18Cl2N2O4. The number of anilines is 2. The van der Waals surface area contributed by atoms with Gasteiger partial charge in [-0.2, -0.15) is 0 Å². The zero-order chi connectivity index (χ0) is 20.3. The summed E-state index contributed by atoms with van der Waals surface area (Å²) in [5, 5.41) is 6.10. The van der Waals surface area contributed by atoms with Crippen LogP contribution in [-0.4, -0.2) is 23.9 Å². The molecule has 0 saturated heterocycles. The molecule has 1 saturated carbocycles. The number of hydrogen-bond acceptors (Lipinski definition) is 4. The second-order valence-electron chi connectivity index (χ2n) is 6.50. The van der Waals surface area contributed by atoms with Crippen molar-refractivity contribution in [1.82, 2.24) is 0 Å². The molecule has 28 heavy (non-hydrogen) atoms. The van der Waals surface area contributed by atoms with Crippen LogP contribution in [0.15, 0.2) is 42.5 Å². The van der Waals surface area contributed by atoms with E-state index < -0.39 is 18.0 Å². The summed E-state index contributed by atoms with van der Waals surface area (Å²) in [6.07, 6.45) is 0.794. The van der Waals surface area contributed by atoms with Crippen LogP contribution in [0, 0.1) is 5.92 Å². The Morgan fingerprint density at radius 1 is 1.04 bits per heavy atom. The van der Waals surface area contributed by atoms with Gasteiger partial charge in [0.05, 0.1) is 16.3 Å². The van der Waals surface area contributed by atoms with Crippen molar-refractivity contribution in [3.8, 4) is 0 Å². The Bertz CT molecular complexity index is 911. The molecule has 0 radical (unpaired) electrons. The summed E-state index contributed by atoms with van der Waals surface area (Å²) in [7, 11) is 0. The van der Waals surface area contributed by atoms with Gasteiger partial charge in [0.2, 0.25) is 5.91 Å². The fraction of sp³-hybridized carbons (Fsp3) is 0.250. The lowest BCUT2D eigenvalue weighted by Gasteiger charge is -2.14. The van der Waals surface area contributed by atoms with E-state index in [4.69, 9.17) is 27.9 Å². The zero-order valence-corrected chi connectivity index (χ0v) is 16.5. The van der Waals surface area contributed by atoms with Crippen LogP contribution in [0.4, 0.5) is 11.4 Å². The van der Waals surface area contributed by atoms with E-state index in [1.54, 1.807) is 24.3 Å². The van der Waals surface area contributed by atoms with E-state index in [-0.39, 0.29) is 22.4 Å². The number of ether oxygens (including phenoxy) is 1. The second kappa shape index (κ2) is 8.63. The minimum absolute atomic E-state index is 0.0125. The van der Waals surface area contributed by atoms with Gasteiger partial charge in [-0.3, -0.25) is 9.59 Å². The van der Waals surface area contributed by atoms with E-state index >= 15 is 0 Å². The van der Waals surface area contributed by atoms with Gasteiger partial charge in [-0.25, -0.2) is 4.79 Å². The molecule has 0 aliphatic heterocycles. The Morgan fingerprint density at radius 2 is 1.71 bits per heavy atom. The molecule has 2 N–H and O–H groups in total. The highest BCUT2D eigenvalue weighted by atomic mass is 35.5. The lowest BCUT2D eigenvalue weighted by molar-refractivity contribution is -0.123. The van der Waals surface area contributed by atoms with Crippen molar-refractivity contribution in [3.63, 3.8) is 0 Å². The van der Waals surface area contributed by atoms with Crippen molar-refractivity contribution in [3.05, 3.63) is 58.1 Å². The molecule has 3 rings (SSSR count). The smallest absolute Gasteiger partial charge is 0.338 e. The van der Waals surface area contributed by atoms with Gasteiger partial charge < -0.3 is 15.4 Å². The van der Waals surface area contributed by atoms with E-state index in [2.05, 4.69) is 10.6 Å². The van der Waals surface area contributed by atoms with Crippen LogP contribution in [0.3, 0.4) is 0 Å². The molecule has 1 unspecified atom stereocenters. The molecule has 2 aromatic rings. The highest BCUT2D eigenvalue weighted by Crippen LogP contribution is 2.30. The van der Waals surface area contributed by atoms with Crippen LogP contribution in [-0.2, 0) is 14.3 Å². The number of rotatable bonds is 6. The maximum Gasteiger partial charge on any atom is 0.338 e. The average molecular weight is 421 g/mol. The van der Waals surface area contributed by atoms with Gasteiger partial charge in [-0.05, 0) is 62.2 Å². The number of esters is 1. The van der Waals surface area contributed by atoms with Crippen LogP contribution in [0.5, 0.6) is 0 Å². The number of hydrogen-bond donors (Lipinski definition) is 2. The molecule has 2 amide bonds. The first-order chi connectivity index (χ1) is 13.3. The Morgan fingerprint density at radius 3 is 2.32 bits per heavy atom. The summed E-state index contributed by atoms with van der Waals surface area (Å²) >= 11 is 11.8. The first-order valence-electron chi connectivity index (χ1n) is 8.71. The summed E-state index contributed by atoms with van der Waals surface area (Å²) in [5.74, 6) is -1.09. The van der Waals surface area contributed by atoms with Crippen LogP contribution < -0.4 is 10.6 Å². The maximum atomic E-state index is 12.2. The van der Waals surface area contributed by atoms with E-state index in [0.29, 0.717) is 16.4 Å². The molecule has 2 aromatic carbocycles. The van der Waals surface area contributed by atoms with Crippen molar-refractivity contribution in [2.24, 2.45) is 5.92 Å². The Balaban J connectivity index is 1.55. The van der Waals surface area contributed by atoms with Crippen molar-refractivity contribution in [1.29, 1.82) is 0 Å². The molecule has 0 bridgehead atoms. The standard InChI is InChI=1S/C20H18Cl2N2O4/c1-11(18(25)24-17-9-6-14(21)10-16(17)22)28-20(27)13-4-7-15(8-5-13)23-19(26)12-2-3-12/h4-12H,2-3H2,1H3,(H,23,26)(H,24,25). The number of nitrogens with one attached hydrogen (secondary N) is 2. The molecule has 146 valence electrons. The quantitative estimate of drug-likeness (QED) is 0.672. The summed E-state index contributed by atoms with van der Waals surface area (Å²) in [6, 6.07) is 11.0. The normalized spacial score (nSPS) is 14.1. The molecular weight excluding hydrogens is 403 g/mol. The van der Waals surface area contributed by atoms with Gasteiger partial charge in [-0.1, -0.05) is 23.2 Å². The maximum absolute atomic E-state index is 12.2. The van der Waals surface area contributed by atoms with Gasteiger partial charge in [0.25, 0.3) is 5.91 Å². The molecule has 1 atom stereocenters. The van der Waals surface area contributed by atoms with E-state index in [1.165, 1.54) is 25.1 Å². The van der Waals surface area contributed by atoms with Crippen LogP contribution in [0.2, 0.25) is 10.0 Å². The minimum Gasteiger partial charge on any atom is -0.449 e. The van der Waals surface area contributed by atoms with Gasteiger partial charge in [0, 0.05) is 16.6 Å². The summed E-state index contributed by atoms with van der Waals surface area (Å²) in [5.41, 5.74) is 1.25. The predicted molar refractivity (Wildman–Crippen MR) is 108 cm³/mol. The third-order valence-corrected chi connectivity index (χ3v) is 4.73. The summed E-state index contributed by atoms with van der Waals surface area (Å²) in [4.78, 5) is 36.2. The average Bonchev–Trinajstić information content (AvgIpc) is 3.49. The zero-order valence-electron chi connectivity index (χ0n) is 15.0. The number of amides is 2. The van der Waals surface area contributed by atoms with Crippen molar-refractivity contribution >= 4 is 52.4 Å². The fourth-order valence-corrected chi connectivity index (χ4v) is 2.84. The molecule has 1 aliphatic carbocycles. The first kappa shape index (κ1) is 20.2. The van der Waals surface area contributed by atoms with Crippen molar-refractivity contribution in [2.75, 3.05) is 10.6 Å². The van der Waals surface area contributed by atoms with Gasteiger partial charge in [0.1, 0.15) is 0 Å². The second-order valence-corrected chi connectivity index (χ2v) is 7.35. The van der Waals surface area contributed by atoms with Crippen LogP contribution >= 0.6 is 23.2 Å². The monoisotopic (exact) mass is 420 g/mol. The largest absolute Gasteiger partial charge is 0.449 e. The lowest BCUT2D eigenvalue weighted by atomic mass is 10.2. The minimum atomic E-state index is -1.03. The number of carbonyl (C=O) groups is 3. The Kier molecular flexibility index (Phi) is 6.21. The number of benzene rings is 2. The Labute approximate surface area is 172 Å². The molecule has 1 fully saturated rings. The molecule has 0 spiro atoms. The molecule has 0 heterocycles. The summed E-state index contributed by atoms with van der Waals surface area (Å²) in [6.45, 7) is 1.46. The van der Waals surface area contributed by atoms with Crippen molar-refractivity contribution in [2.45, 2.75) is 25.9 Å². The van der Waals surface area contributed by atoms with Gasteiger partial charge in [0.15, 0.2) is 6.10 Å². The Hall–Kier alpha value is -2.57. The highest BCUT2D eigenvalue weighted by Gasteiger charge is 2.29. The highest BCUT2D eigenvalue weighted by molar-refractivity contribution is 6.36. The molecule has 0 aromatic heterocycles. The topological polar surface area (TPSA) is 84.5 Å².